The number of aromatic nitrogens is 3. The molecule has 2 rings (SSSR count). The van der Waals surface area contributed by atoms with Crippen molar-refractivity contribution in [2.75, 3.05) is 18.1 Å². The zero-order valence-electron chi connectivity index (χ0n) is 11.3. The number of aromatic amines is 1. The smallest absolute Gasteiger partial charge is 0.293 e. The van der Waals surface area contributed by atoms with Gasteiger partial charge in [0.25, 0.3) is 5.91 Å². The third kappa shape index (κ3) is 3.17. The van der Waals surface area contributed by atoms with Crippen molar-refractivity contribution < 1.29 is 13.2 Å². The number of carbonyl (C=O) groups is 1. The number of sulfonamides is 1. The Kier molecular flexibility index (Phi) is 3.91. The lowest BCUT2D eigenvalue weighted by Gasteiger charge is -2.09. The zero-order chi connectivity index (χ0) is 15.6. The quantitative estimate of drug-likeness (QED) is 0.618. The maximum atomic E-state index is 11.9. The van der Waals surface area contributed by atoms with Crippen LogP contribution in [-0.4, -0.2) is 36.6 Å². The molecule has 1 heterocycles. The lowest BCUT2D eigenvalue weighted by Crippen LogP contribution is -2.19. The van der Waals surface area contributed by atoms with Crippen molar-refractivity contribution in [3.05, 3.63) is 29.6 Å². The Bertz CT molecular complexity index is 783. The standard InChI is InChI=1S/C11H14N6O3S/c1-6-3-4-7(21(19,20)13-2)5-8(6)14-10(18)9-15-11(12)17-16-9/h3-5,13H,1-2H3,(H,14,18)(H3,12,15,16,17). The molecule has 1 aromatic heterocycles. The van der Waals surface area contributed by atoms with E-state index in [1.807, 2.05) is 0 Å². The number of hydrogen-bond donors (Lipinski definition) is 4. The Morgan fingerprint density at radius 1 is 1.38 bits per heavy atom. The lowest BCUT2D eigenvalue weighted by molar-refractivity contribution is 0.101. The summed E-state index contributed by atoms with van der Waals surface area (Å²) in [6.45, 7) is 1.74. The van der Waals surface area contributed by atoms with Gasteiger partial charge in [-0.15, -0.1) is 5.10 Å². The van der Waals surface area contributed by atoms with Crippen LogP contribution >= 0.6 is 0 Å². The maximum Gasteiger partial charge on any atom is 0.293 e. The average Bonchev–Trinajstić information content (AvgIpc) is 2.87. The largest absolute Gasteiger partial charge is 0.366 e. The predicted molar refractivity (Wildman–Crippen MR) is 76.2 cm³/mol. The summed E-state index contributed by atoms with van der Waals surface area (Å²) in [5.74, 6) is -0.682. The minimum absolute atomic E-state index is 0.0444. The molecule has 1 aromatic carbocycles. The number of nitrogens with one attached hydrogen (secondary N) is 3. The first-order chi connectivity index (χ1) is 9.83. The Labute approximate surface area is 121 Å². The van der Waals surface area contributed by atoms with Crippen molar-refractivity contribution in [3.8, 4) is 0 Å². The molecule has 112 valence electrons. The summed E-state index contributed by atoms with van der Waals surface area (Å²) in [4.78, 5) is 15.7. The number of aryl methyl sites for hydroxylation is 1. The maximum absolute atomic E-state index is 11.9. The molecule has 0 aliphatic heterocycles. The van der Waals surface area contributed by atoms with Gasteiger partial charge in [-0.2, -0.15) is 4.98 Å². The van der Waals surface area contributed by atoms with Crippen LogP contribution in [0.4, 0.5) is 11.6 Å². The van der Waals surface area contributed by atoms with Crippen LogP contribution in [0.15, 0.2) is 23.1 Å². The molecule has 0 saturated heterocycles. The zero-order valence-corrected chi connectivity index (χ0v) is 12.2. The SMILES string of the molecule is CNS(=O)(=O)c1ccc(C)c(NC(=O)c2nc(N)n[nH]2)c1. The molecular formula is C11H14N6O3S. The summed E-state index contributed by atoms with van der Waals surface area (Å²) in [6.07, 6.45) is 0. The van der Waals surface area contributed by atoms with E-state index in [4.69, 9.17) is 5.73 Å². The van der Waals surface area contributed by atoms with Gasteiger partial charge in [0.15, 0.2) is 0 Å². The van der Waals surface area contributed by atoms with Crippen LogP contribution in [0.1, 0.15) is 16.2 Å². The lowest BCUT2D eigenvalue weighted by atomic mass is 10.2. The number of H-pyrrole nitrogens is 1. The highest BCUT2D eigenvalue weighted by atomic mass is 32.2. The number of nitrogen functional groups attached to an aromatic ring is 1. The molecule has 0 aliphatic rings. The number of nitrogens with two attached hydrogens (primary N) is 1. The highest BCUT2D eigenvalue weighted by molar-refractivity contribution is 7.89. The van der Waals surface area contributed by atoms with Crippen LogP contribution in [0.2, 0.25) is 0 Å². The summed E-state index contributed by atoms with van der Waals surface area (Å²) in [6, 6.07) is 4.40. The van der Waals surface area contributed by atoms with Crippen LogP contribution in [0.5, 0.6) is 0 Å². The number of benzene rings is 1. The molecule has 2 aromatic rings. The Balaban J connectivity index is 2.32. The van der Waals surface area contributed by atoms with Crippen molar-refractivity contribution in [1.29, 1.82) is 0 Å². The average molecular weight is 310 g/mol. The molecule has 0 spiro atoms. The molecule has 0 saturated carbocycles. The van der Waals surface area contributed by atoms with Crippen LogP contribution in [0, 0.1) is 6.92 Å². The first-order valence-corrected chi connectivity index (χ1v) is 7.35. The van der Waals surface area contributed by atoms with Gasteiger partial charge in [-0.05, 0) is 31.7 Å². The third-order valence-electron chi connectivity index (χ3n) is 2.75. The first-order valence-electron chi connectivity index (χ1n) is 5.87. The van der Waals surface area contributed by atoms with E-state index < -0.39 is 15.9 Å². The van der Waals surface area contributed by atoms with Crippen molar-refractivity contribution in [2.45, 2.75) is 11.8 Å². The molecule has 5 N–H and O–H groups in total. The second-order valence-corrected chi connectivity index (χ2v) is 6.07. The summed E-state index contributed by atoms with van der Waals surface area (Å²) < 4.78 is 25.7. The summed E-state index contributed by atoms with van der Waals surface area (Å²) in [5.41, 5.74) is 6.37. The molecule has 9 nitrogen and oxygen atoms in total. The van der Waals surface area contributed by atoms with Gasteiger partial charge in [-0.3, -0.25) is 9.89 Å². The van der Waals surface area contributed by atoms with Crippen molar-refractivity contribution in [3.63, 3.8) is 0 Å². The molecule has 10 heteroatoms. The normalized spacial score (nSPS) is 11.3. The van der Waals surface area contributed by atoms with Gasteiger partial charge < -0.3 is 11.1 Å². The van der Waals surface area contributed by atoms with E-state index in [2.05, 4.69) is 25.2 Å². The van der Waals surface area contributed by atoms with Gasteiger partial charge in [0.2, 0.25) is 21.8 Å². The molecule has 21 heavy (non-hydrogen) atoms. The van der Waals surface area contributed by atoms with E-state index in [1.54, 1.807) is 13.0 Å². The minimum atomic E-state index is -3.59. The van der Waals surface area contributed by atoms with Crippen LogP contribution < -0.4 is 15.8 Å². The molecular weight excluding hydrogens is 296 g/mol. The summed E-state index contributed by atoms with van der Waals surface area (Å²) >= 11 is 0. The highest BCUT2D eigenvalue weighted by Gasteiger charge is 2.16. The summed E-state index contributed by atoms with van der Waals surface area (Å²) in [5, 5.41) is 8.47. The van der Waals surface area contributed by atoms with Crippen molar-refractivity contribution in [1.82, 2.24) is 19.9 Å². The number of anilines is 2. The van der Waals surface area contributed by atoms with E-state index in [0.717, 1.165) is 0 Å². The Morgan fingerprint density at radius 3 is 2.67 bits per heavy atom. The highest BCUT2D eigenvalue weighted by Crippen LogP contribution is 2.20. The third-order valence-corrected chi connectivity index (χ3v) is 4.17. The number of rotatable bonds is 4. The molecule has 0 fully saturated rings. The number of carbonyl (C=O) groups excluding carboxylic acids is 1. The predicted octanol–water partition coefficient (Wildman–Crippen LogP) is -0.144. The molecule has 0 radical (unpaired) electrons. The van der Waals surface area contributed by atoms with E-state index in [-0.39, 0.29) is 16.7 Å². The van der Waals surface area contributed by atoms with Crippen molar-refractivity contribution in [2.24, 2.45) is 0 Å². The molecule has 0 unspecified atom stereocenters. The number of hydrogen-bond acceptors (Lipinski definition) is 6. The van der Waals surface area contributed by atoms with Crippen LogP contribution in [-0.2, 0) is 10.0 Å². The number of amides is 1. The fraction of sp³-hybridized carbons (Fsp3) is 0.182. The van der Waals surface area contributed by atoms with Crippen LogP contribution in [0.3, 0.4) is 0 Å². The van der Waals surface area contributed by atoms with Crippen LogP contribution in [0.25, 0.3) is 0 Å². The number of nitrogens with zero attached hydrogens (tertiary/aromatic N) is 2. The van der Waals surface area contributed by atoms with Gasteiger partial charge in [0.1, 0.15) is 0 Å². The van der Waals surface area contributed by atoms with E-state index >= 15 is 0 Å². The topological polar surface area (TPSA) is 143 Å². The monoisotopic (exact) mass is 310 g/mol. The molecule has 0 aliphatic carbocycles. The van der Waals surface area contributed by atoms with Gasteiger partial charge in [0.05, 0.1) is 4.90 Å². The van der Waals surface area contributed by atoms with Gasteiger partial charge in [0, 0.05) is 5.69 Å². The summed E-state index contributed by atoms with van der Waals surface area (Å²) in [7, 11) is -2.28. The van der Waals surface area contributed by atoms with E-state index in [1.165, 1.54) is 19.2 Å². The second kappa shape index (κ2) is 5.50. The minimum Gasteiger partial charge on any atom is -0.366 e. The molecule has 1 amide bonds. The second-order valence-electron chi connectivity index (χ2n) is 4.18. The van der Waals surface area contributed by atoms with Gasteiger partial charge in [-0.1, -0.05) is 6.07 Å². The van der Waals surface area contributed by atoms with E-state index in [0.29, 0.717) is 11.3 Å². The molecule has 0 atom stereocenters. The van der Waals surface area contributed by atoms with Gasteiger partial charge in [-0.25, -0.2) is 13.1 Å². The van der Waals surface area contributed by atoms with Gasteiger partial charge >= 0.3 is 0 Å². The van der Waals surface area contributed by atoms with Crippen molar-refractivity contribution >= 4 is 27.6 Å². The Morgan fingerprint density at radius 2 is 2.10 bits per heavy atom. The fourth-order valence-corrected chi connectivity index (χ4v) is 2.33. The Hall–Kier alpha value is -2.46. The fourth-order valence-electron chi connectivity index (χ4n) is 1.58. The molecule has 0 bridgehead atoms. The van der Waals surface area contributed by atoms with E-state index in [9.17, 15) is 13.2 Å². The first kappa shape index (κ1) is 14.9.